The van der Waals surface area contributed by atoms with Crippen LogP contribution < -0.4 is 5.32 Å². The van der Waals surface area contributed by atoms with E-state index in [-0.39, 0.29) is 0 Å². The summed E-state index contributed by atoms with van der Waals surface area (Å²) in [6, 6.07) is 18.0. The van der Waals surface area contributed by atoms with E-state index >= 15 is 0 Å². The Morgan fingerprint density at radius 2 is 1.84 bits per heavy atom. The number of fused-ring (bicyclic) bond motifs is 1. The first-order chi connectivity index (χ1) is 9.34. The summed E-state index contributed by atoms with van der Waals surface area (Å²) >= 11 is 0. The number of nitrogens with one attached hydrogen (secondary N) is 1. The fourth-order valence-electron chi connectivity index (χ4n) is 3.01. The summed E-state index contributed by atoms with van der Waals surface area (Å²) in [7, 11) is 0. The number of hydrogen-bond acceptors (Lipinski definition) is 1. The number of aryl methyl sites for hydroxylation is 2. The van der Waals surface area contributed by atoms with Gasteiger partial charge in [0.1, 0.15) is 0 Å². The number of benzene rings is 2. The van der Waals surface area contributed by atoms with Crippen LogP contribution in [0.1, 0.15) is 41.1 Å². The summed E-state index contributed by atoms with van der Waals surface area (Å²) in [6.45, 7) is 3.15. The topological polar surface area (TPSA) is 12.0 Å². The Morgan fingerprint density at radius 1 is 1.05 bits per heavy atom. The van der Waals surface area contributed by atoms with Crippen molar-refractivity contribution in [3.63, 3.8) is 0 Å². The van der Waals surface area contributed by atoms with Crippen LogP contribution in [-0.2, 0) is 13.0 Å². The van der Waals surface area contributed by atoms with E-state index in [0.29, 0.717) is 6.04 Å². The molecule has 19 heavy (non-hydrogen) atoms. The quantitative estimate of drug-likeness (QED) is 0.863. The molecule has 2 aromatic carbocycles. The fraction of sp³-hybridized carbons (Fsp3) is 0.333. The van der Waals surface area contributed by atoms with Gasteiger partial charge in [-0.2, -0.15) is 0 Å². The van der Waals surface area contributed by atoms with Crippen LogP contribution in [0, 0.1) is 6.92 Å². The van der Waals surface area contributed by atoms with E-state index in [0.717, 1.165) is 6.54 Å². The molecule has 0 unspecified atom stereocenters. The Labute approximate surface area is 115 Å². The minimum absolute atomic E-state index is 0.518. The van der Waals surface area contributed by atoms with Gasteiger partial charge in [0.2, 0.25) is 0 Å². The molecule has 0 bridgehead atoms. The van der Waals surface area contributed by atoms with Gasteiger partial charge in [-0.1, -0.05) is 48.5 Å². The molecule has 1 N–H and O–H groups in total. The molecule has 0 amide bonds. The maximum Gasteiger partial charge on any atom is 0.0326 e. The molecule has 0 saturated carbocycles. The van der Waals surface area contributed by atoms with Gasteiger partial charge in [-0.25, -0.2) is 0 Å². The predicted octanol–water partition coefficient (Wildman–Crippen LogP) is 4.16. The second-order valence-corrected chi connectivity index (χ2v) is 5.45. The van der Waals surface area contributed by atoms with Crippen molar-refractivity contribution in [2.75, 3.05) is 0 Å². The molecule has 2 aromatic rings. The summed E-state index contributed by atoms with van der Waals surface area (Å²) in [5, 5.41) is 3.73. The smallest absolute Gasteiger partial charge is 0.0326 e. The summed E-state index contributed by atoms with van der Waals surface area (Å²) in [6.07, 6.45) is 3.78. The summed E-state index contributed by atoms with van der Waals surface area (Å²) in [4.78, 5) is 0. The largest absolute Gasteiger partial charge is 0.306 e. The Balaban J connectivity index is 1.73. The zero-order chi connectivity index (χ0) is 13.1. The molecular weight excluding hydrogens is 230 g/mol. The Kier molecular flexibility index (Phi) is 3.65. The predicted molar refractivity (Wildman–Crippen MR) is 80.1 cm³/mol. The molecule has 0 spiro atoms. The van der Waals surface area contributed by atoms with E-state index < -0.39 is 0 Å². The highest BCUT2D eigenvalue weighted by Crippen LogP contribution is 2.29. The van der Waals surface area contributed by atoms with Crippen LogP contribution in [-0.4, -0.2) is 0 Å². The van der Waals surface area contributed by atoms with E-state index in [4.69, 9.17) is 0 Å². The van der Waals surface area contributed by atoms with E-state index in [2.05, 4.69) is 60.8 Å². The molecule has 0 aromatic heterocycles. The highest BCUT2D eigenvalue weighted by Gasteiger charge is 2.18. The molecule has 3 rings (SSSR count). The first-order valence-electron chi connectivity index (χ1n) is 7.20. The first kappa shape index (κ1) is 12.4. The third-order valence-corrected chi connectivity index (χ3v) is 4.17. The molecule has 0 heterocycles. The Morgan fingerprint density at radius 3 is 2.74 bits per heavy atom. The lowest BCUT2D eigenvalue weighted by Gasteiger charge is -2.26. The van der Waals surface area contributed by atoms with Crippen LogP contribution in [0.5, 0.6) is 0 Å². The lowest BCUT2D eigenvalue weighted by molar-refractivity contribution is 0.458. The maximum absolute atomic E-state index is 3.73. The lowest BCUT2D eigenvalue weighted by Crippen LogP contribution is -2.25. The van der Waals surface area contributed by atoms with Gasteiger partial charge < -0.3 is 5.32 Å². The number of rotatable bonds is 3. The summed E-state index contributed by atoms with van der Waals surface area (Å²) in [5.74, 6) is 0. The van der Waals surface area contributed by atoms with E-state index in [1.165, 1.54) is 41.5 Å². The molecule has 0 fully saturated rings. The molecule has 1 atom stereocenters. The minimum Gasteiger partial charge on any atom is -0.306 e. The first-order valence-corrected chi connectivity index (χ1v) is 7.20. The van der Waals surface area contributed by atoms with E-state index in [1.807, 2.05) is 0 Å². The van der Waals surface area contributed by atoms with Crippen molar-refractivity contribution in [1.29, 1.82) is 0 Å². The van der Waals surface area contributed by atoms with Crippen molar-refractivity contribution < 1.29 is 0 Å². The van der Waals surface area contributed by atoms with E-state index in [1.54, 1.807) is 0 Å². The molecule has 0 saturated heterocycles. The van der Waals surface area contributed by atoms with Crippen molar-refractivity contribution in [3.8, 4) is 0 Å². The molecule has 1 heteroatoms. The highest BCUT2D eigenvalue weighted by molar-refractivity contribution is 5.32. The zero-order valence-corrected chi connectivity index (χ0v) is 11.5. The van der Waals surface area contributed by atoms with Crippen molar-refractivity contribution in [2.24, 2.45) is 0 Å². The average Bonchev–Trinajstić information content (AvgIpc) is 2.46. The van der Waals surface area contributed by atoms with Crippen molar-refractivity contribution >= 4 is 0 Å². The molecule has 0 aliphatic heterocycles. The van der Waals surface area contributed by atoms with Gasteiger partial charge >= 0.3 is 0 Å². The third-order valence-electron chi connectivity index (χ3n) is 4.17. The summed E-state index contributed by atoms with van der Waals surface area (Å²) in [5.41, 5.74) is 5.81. The Hall–Kier alpha value is -1.60. The Bertz CT molecular complexity index is 559. The van der Waals surface area contributed by atoms with Crippen LogP contribution in [0.15, 0.2) is 48.5 Å². The standard InChI is InChI=1S/C18H21N/c1-14-7-2-3-9-16(14)13-19-18-12-6-10-15-8-4-5-11-17(15)18/h2-5,7-9,11,18-19H,6,10,12-13H2,1H3/t18-/m1/s1. The third kappa shape index (κ3) is 2.71. The van der Waals surface area contributed by atoms with Crippen LogP contribution in [0.25, 0.3) is 0 Å². The van der Waals surface area contributed by atoms with Crippen molar-refractivity contribution in [1.82, 2.24) is 5.32 Å². The molecule has 1 aliphatic rings. The molecule has 0 radical (unpaired) electrons. The SMILES string of the molecule is Cc1ccccc1CN[C@@H]1CCCc2ccccc21. The normalized spacial score (nSPS) is 18.1. The number of hydrogen-bond donors (Lipinski definition) is 1. The monoisotopic (exact) mass is 251 g/mol. The van der Waals surface area contributed by atoms with Gasteiger partial charge in [-0.3, -0.25) is 0 Å². The fourth-order valence-corrected chi connectivity index (χ4v) is 3.01. The second-order valence-electron chi connectivity index (χ2n) is 5.45. The van der Waals surface area contributed by atoms with Gasteiger partial charge in [0.05, 0.1) is 0 Å². The van der Waals surface area contributed by atoms with Gasteiger partial charge in [0.15, 0.2) is 0 Å². The molecule has 1 nitrogen and oxygen atoms in total. The van der Waals surface area contributed by atoms with Crippen LogP contribution in [0.3, 0.4) is 0 Å². The summed E-state index contributed by atoms with van der Waals surface area (Å²) < 4.78 is 0. The van der Waals surface area contributed by atoms with Gasteiger partial charge in [0, 0.05) is 12.6 Å². The van der Waals surface area contributed by atoms with Crippen molar-refractivity contribution in [2.45, 2.75) is 38.8 Å². The van der Waals surface area contributed by atoms with Crippen LogP contribution in [0.2, 0.25) is 0 Å². The highest BCUT2D eigenvalue weighted by atomic mass is 14.9. The van der Waals surface area contributed by atoms with Gasteiger partial charge in [-0.15, -0.1) is 0 Å². The minimum atomic E-state index is 0.518. The van der Waals surface area contributed by atoms with Crippen LogP contribution >= 0.6 is 0 Å². The van der Waals surface area contributed by atoms with E-state index in [9.17, 15) is 0 Å². The maximum atomic E-state index is 3.73. The molecule has 98 valence electrons. The average molecular weight is 251 g/mol. The van der Waals surface area contributed by atoms with Gasteiger partial charge in [0.25, 0.3) is 0 Å². The van der Waals surface area contributed by atoms with Crippen LogP contribution in [0.4, 0.5) is 0 Å². The lowest BCUT2D eigenvalue weighted by atomic mass is 9.87. The zero-order valence-electron chi connectivity index (χ0n) is 11.5. The van der Waals surface area contributed by atoms with Gasteiger partial charge in [-0.05, 0) is 48.4 Å². The second kappa shape index (κ2) is 5.58. The molecular formula is C18H21N. The molecule has 1 aliphatic carbocycles. The van der Waals surface area contributed by atoms with Crippen molar-refractivity contribution in [3.05, 3.63) is 70.8 Å².